The zero-order valence-electron chi connectivity index (χ0n) is 16.4. The van der Waals surface area contributed by atoms with Crippen LogP contribution in [0, 0.1) is 13.8 Å². The largest absolute Gasteiger partial charge is 0.497 e. The fourth-order valence-electron chi connectivity index (χ4n) is 3.34. The summed E-state index contributed by atoms with van der Waals surface area (Å²) in [7, 11) is 1.58. The van der Waals surface area contributed by atoms with Gasteiger partial charge in [0.1, 0.15) is 10.6 Å². The summed E-state index contributed by atoms with van der Waals surface area (Å²) in [5.41, 5.74) is 3.37. The van der Waals surface area contributed by atoms with Gasteiger partial charge in [-0.25, -0.2) is 4.98 Å². The van der Waals surface area contributed by atoms with Crippen LogP contribution in [0.15, 0.2) is 59.7 Å². The molecule has 0 bridgehead atoms. The van der Waals surface area contributed by atoms with Gasteiger partial charge in [-0.1, -0.05) is 29.8 Å². The predicted molar refractivity (Wildman–Crippen MR) is 116 cm³/mol. The van der Waals surface area contributed by atoms with Gasteiger partial charge in [0.15, 0.2) is 5.78 Å². The number of nitrogens with zero attached hydrogens (tertiary/aromatic N) is 2. The smallest absolute Gasteiger partial charge is 0.263 e. The standard InChI is InChI=1S/C23H20N2O3S/c1-14-4-6-17(7-5-14)20-15(2)29-22-21(20)23(27)25(13-24-22)12-19(26)16-8-10-18(28-3)11-9-16/h4-11,13H,12H2,1-3H3. The topological polar surface area (TPSA) is 61.2 Å². The summed E-state index contributed by atoms with van der Waals surface area (Å²) in [6.45, 7) is 3.96. The van der Waals surface area contributed by atoms with Crippen LogP contribution in [0.2, 0.25) is 0 Å². The Hall–Kier alpha value is -3.25. The van der Waals surface area contributed by atoms with Gasteiger partial charge in [0.25, 0.3) is 5.56 Å². The van der Waals surface area contributed by atoms with Gasteiger partial charge in [0, 0.05) is 16.0 Å². The molecule has 146 valence electrons. The lowest BCUT2D eigenvalue weighted by Gasteiger charge is -2.07. The van der Waals surface area contributed by atoms with Crippen molar-refractivity contribution >= 4 is 27.3 Å². The Labute approximate surface area is 172 Å². The van der Waals surface area contributed by atoms with Gasteiger partial charge in [-0.15, -0.1) is 11.3 Å². The minimum atomic E-state index is -0.197. The third kappa shape index (κ3) is 3.59. The molecular weight excluding hydrogens is 384 g/mol. The molecule has 5 nitrogen and oxygen atoms in total. The molecule has 0 saturated carbocycles. The van der Waals surface area contributed by atoms with Crippen LogP contribution in [0.5, 0.6) is 5.75 Å². The number of fused-ring (bicyclic) bond motifs is 1. The monoisotopic (exact) mass is 404 g/mol. The number of aryl methyl sites for hydroxylation is 2. The first kappa shape index (κ1) is 19.1. The van der Waals surface area contributed by atoms with E-state index in [0.717, 1.165) is 21.6 Å². The Morgan fingerprint density at radius 2 is 1.76 bits per heavy atom. The number of Topliss-reactive ketones (excluding diaryl/α,β-unsaturated/α-hetero) is 1. The molecular formula is C23H20N2O3S. The molecule has 6 heteroatoms. The van der Waals surface area contributed by atoms with E-state index in [2.05, 4.69) is 4.98 Å². The molecule has 0 N–H and O–H groups in total. The molecule has 0 amide bonds. The van der Waals surface area contributed by atoms with Crippen LogP contribution in [0.3, 0.4) is 0 Å². The van der Waals surface area contributed by atoms with Crippen LogP contribution in [0.4, 0.5) is 0 Å². The maximum absolute atomic E-state index is 13.2. The van der Waals surface area contributed by atoms with Crippen molar-refractivity contribution in [1.82, 2.24) is 9.55 Å². The number of methoxy groups -OCH3 is 1. The lowest BCUT2D eigenvalue weighted by molar-refractivity contribution is 0.0970. The van der Waals surface area contributed by atoms with Gasteiger partial charge in [0.05, 0.1) is 25.4 Å². The number of benzene rings is 2. The molecule has 4 rings (SSSR count). The predicted octanol–water partition coefficient (Wildman–Crippen LogP) is 4.63. The van der Waals surface area contributed by atoms with E-state index >= 15 is 0 Å². The average Bonchev–Trinajstić information content (AvgIpc) is 3.07. The molecule has 0 aliphatic carbocycles. The number of aromatic nitrogens is 2. The summed E-state index contributed by atoms with van der Waals surface area (Å²) < 4.78 is 6.51. The van der Waals surface area contributed by atoms with Gasteiger partial charge in [-0.2, -0.15) is 0 Å². The SMILES string of the molecule is COc1ccc(C(=O)Cn2cnc3sc(C)c(-c4ccc(C)cc4)c3c2=O)cc1. The Kier molecular flexibility index (Phi) is 5.03. The summed E-state index contributed by atoms with van der Waals surface area (Å²) in [5.74, 6) is 0.526. The van der Waals surface area contributed by atoms with Crippen LogP contribution in [-0.4, -0.2) is 22.4 Å². The molecule has 0 radical (unpaired) electrons. The van der Waals surface area contributed by atoms with Gasteiger partial charge in [-0.3, -0.25) is 14.2 Å². The number of carbonyl (C=O) groups is 1. The first-order valence-corrected chi connectivity index (χ1v) is 10.0. The second kappa shape index (κ2) is 7.64. The molecule has 0 fully saturated rings. The van der Waals surface area contributed by atoms with Crippen LogP contribution >= 0.6 is 11.3 Å². The van der Waals surface area contributed by atoms with Crippen LogP contribution in [0.1, 0.15) is 20.8 Å². The van der Waals surface area contributed by atoms with E-state index in [1.54, 1.807) is 31.4 Å². The molecule has 0 unspecified atom stereocenters. The van der Waals surface area contributed by atoms with Gasteiger partial charge in [-0.05, 0) is 43.7 Å². The summed E-state index contributed by atoms with van der Waals surface area (Å²) in [5, 5.41) is 0.571. The van der Waals surface area contributed by atoms with Crippen molar-refractivity contribution in [2.24, 2.45) is 0 Å². The number of ether oxygens (including phenoxy) is 1. The third-order valence-corrected chi connectivity index (χ3v) is 5.93. The highest BCUT2D eigenvalue weighted by Crippen LogP contribution is 2.35. The Balaban J connectivity index is 1.75. The average molecular weight is 404 g/mol. The zero-order valence-corrected chi connectivity index (χ0v) is 17.2. The minimum absolute atomic E-state index is 0.0592. The molecule has 0 saturated heterocycles. The van der Waals surface area contributed by atoms with Crippen LogP contribution < -0.4 is 10.3 Å². The van der Waals surface area contributed by atoms with Crippen LogP contribution in [0.25, 0.3) is 21.3 Å². The van der Waals surface area contributed by atoms with E-state index in [0.29, 0.717) is 21.5 Å². The highest BCUT2D eigenvalue weighted by Gasteiger charge is 2.18. The molecule has 0 aliphatic rings. The fourth-order valence-corrected chi connectivity index (χ4v) is 4.34. The van der Waals surface area contributed by atoms with E-state index in [9.17, 15) is 9.59 Å². The van der Waals surface area contributed by atoms with Gasteiger partial charge >= 0.3 is 0 Å². The first-order valence-electron chi connectivity index (χ1n) is 9.20. The molecule has 4 aromatic rings. The lowest BCUT2D eigenvalue weighted by Crippen LogP contribution is -2.24. The van der Waals surface area contributed by atoms with Crippen molar-refractivity contribution in [3.05, 3.63) is 81.2 Å². The van der Waals surface area contributed by atoms with E-state index in [4.69, 9.17) is 4.74 Å². The van der Waals surface area contributed by atoms with E-state index < -0.39 is 0 Å². The maximum Gasteiger partial charge on any atom is 0.263 e. The highest BCUT2D eigenvalue weighted by molar-refractivity contribution is 7.19. The van der Waals surface area contributed by atoms with Crippen molar-refractivity contribution in [3.8, 4) is 16.9 Å². The molecule has 29 heavy (non-hydrogen) atoms. The lowest BCUT2D eigenvalue weighted by atomic mass is 10.0. The Morgan fingerprint density at radius 3 is 2.41 bits per heavy atom. The van der Waals surface area contributed by atoms with Crippen molar-refractivity contribution in [2.75, 3.05) is 7.11 Å². The number of ketones is 1. The summed E-state index contributed by atoms with van der Waals surface area (Å²) in [6, 6.07) is 15.0. The number of hydrogen-bond acceptors (Lipinski definition) is 5. The summed E-state index contributed by atoms with van der Waals surface area (Å²) >= 11 is 1.50. The molecule has 0 aliphatic heterocycles. The van der Waals surface area contributed by atoms with Crippen molar-refractivity contribution < 1.29 is 9.53 Å². The molecule has 2 heterocycles. The van der Waals surface area contributed by atoms with E-state index in [-0.39, 0.29) is 17.9 Å². The normalized spacial score (nSPS) is 11.0. The third-order valence-electron chi connectivity index (χ3n) is 4.92. The first-order chi connectivity index (χ1) is 14.0. The maximum atomic E-state index is 13.2. The van der Waals surface area contributed by atoms with Crippen molar-refractivity contribution in [3.63, 3.8) is 0 Å². The second-order valence-corrected chi connectivity index (χ2v) is 8.11. The highest BCUT2D eigenvalue weighted by atomic mass is 32.1. The van der Waals surface area contributed by atoms with Gasteiger partial charge in [0.2, 0.25) is 0 Å². The molecule has 0 atom stereocenters. The minimum Gasteiger partial charge on any atom is -0.497 e. The van der Waals surface area contributed by atoms with Gasteiger partial charge < -0.3 is 4.74 Å². The summed E-state index contributed by atoms with van der Waals surface area (Å²) in [6.07, 6.45) is 1.46. The fraction of sp³-hybridized carbons (Fsp3) is 0.174. The van der Waals surface area contributed by atoms with E-state index in [1.165, 1.54) is 22.2 Å². The number of hydrogen-bond donors (Lipinski definition) is 0. The Morgan fingerprint density at radius 1 is 1.07 bits per heavy atom. The van der Waals surface area contributed by atoms with E-state index in [1.807, 2.05) is 38.1 Å². The van der Waals surface area contributed by atoms with Crippen molar-refractivity contribution in [2.45, 2.75) is 20.4 Å². The number of carbonyl (C=O) groups excluding carboxylic acids is 1. The second-order valence-electron chi connectivity index (χ2n) is 6.91. The number of thiophene rings is 1. The molecule has 2 aromatic carbocycles. The molecule has 0 spiro atoms. The molecule has 2 aromatic heterocycles. The quantitative estimate of drug-likeness (QED) is 0.455. The van der Waals surface area contributed by atoms with Crippen LogP contribution in [-0.2, 0) is 6.54 Å². The Bertz CT molecular complexity index is 1250. The number of rotatable bonds is 5. The summed E-state index contributed by atoms with van der Waals surface area (Å²) in [4.78, 5) is 32.1. The zero-order chi connectivity index (χ0) is 20.5. The van der Waals surface area contributed by atoms with Crippen molar-refractivity contribution in [1.29, 1.82) is 0 Å².